The highest BCUT2D eigenvalue weighted by Crippen LogP contribution is 2.54. The van der Waals surface area contributed by atoms with E-state index in [9.17, 15) is 0 Å². The normalized spacial score (nSPS) is 12.2. The van der Waals surface area contributed by atoms with Crippen LogP contribution in [0.4, 0.5) is 34.1 Å². The molecule has 0 radical (unpaired) electrons. The largest absolute Gasteiger partial charge is 0.308 e. The molecule has 0 aliphatic rings. The third kappa shape index (κ3) is 4.40. The Labute approximate surface area is 356 Å². The predicted octanol–water partition coefficient (Wildman–Crippen LogP) is 16.1. The van der Waals surface area contributed by atoms with Gasteiger partial charge in [0.05, 0.1) is 44.5 Å². The molecule has 0 N–H and O–H groups in total. The Morgan fingerprint density at radius 1 is 0.242 bits per heavy atom. The molecule has 0 aliphatic heterocycles. The van der Waals surface area contributed by atoms with Gasteiger partial charge in [-0.3, -0.25) is 0 Å². The van der Waals surface area contributed by atoms with Crippen LogP contribution in [0.5, 0.6) is 0 Å². The van der Waals surface area contributed by atoms with Gasteiger partial charge in [-0.1, -0.05) is 146 Å². The number of nitrogens with zero attached hydrogens (tertiary/aromatic N) is 4. The van der Waals surface area contributed by atoms with Crippen molar-refractivity contribution in [2.24, 2.45) is 0 Å². The standard InChI is InChI=1S/C58H36N4/c1-5-19-37(20-6-1)59(38-21-7-2-8-22-38)51-35-47-48(53-45-31-17-29-43-41-27-13-15-33-49(41)61(55(43)45)57(51)53)36-52(60(39-23-9-3-10-24-39)40-25-11-4-12-26-40)58-54(47)46-32-18-30-44-42-28-14-16-34-50(42)62(58)56(44)46/h1-36H. The van der Waals surface area contributed by atoms with E-state index in [1.807, 2.05) is 0 Å². The second-order valence-electron chi connectivity index (χ2n) is 16.5. The van der Waals surface area contributed by atoms with Gasteiger partial charge in [0.25, 0.3) is 0 Å². The summed E-state index contributed by atoms with van der Waals surface area (Å²) >= 11 is 0. The third-order valence-electron chi connectivity index (χ3n) is 13.3. The summed E-state index contributed by atoms with van der Waals surface area (Å²) in [5, 5.41) is 12.5. The molecular formula is C58H36N4. The van der Waals surface area contributed by atoms with Gasteiger partial charge in [0.2, 0.25) is 0 Å². The van der Waals surface area contributed by atoms with Crippen LogP contribution in [-0.2, 0) is 0 Å². The molecule has 4 nitrogen and oxygen atoms in total. The van der Waals surface area contributed by atoms with Gasteiger partial charge in [-0.25, -0.2) is 0 Å². The number of para-hydroxylation sites is 8. The number of hydrogen-bond donors (Lipinski definition) is 0. The van der Waals surface area contributed by atoms with Crippen LogP contribution in [0.2, 0.25) is 0 Å². The van der Waals surface area contributed by atoms with Crippen molar-refractivity contribution >= 4 is 121 Å². The van der Waals surface area contributed by atoms with Crippen molar-refractivity contribution in [1.82, 2.24) is 8.80 Å². The molecule has 0 atom stereocenters. The van der Waals surface area contributed by atoms with Gasteiger partial charge in [-0.2, -0.15) is 0 Å². The number of hydrogen-bond acceptors (Lipinski definition) is 2. The summed E-state index contributed by atoms with van der Waals surface area (Å²) in [6, 6.07) is 80.1. The highest BCUT2D eigenvalue weighted by atomic mass is 15.2. The molecular weight excluding hydrogens is 753 g/mol. The first-order valence-corrected chi connectivity index (χ1v) is 21.4. The minimum atomic E-state index is 1.11. The van der Waals surface area contributed by atoms with E-state index in [4.69, 9.17) is 0 Å². The van der Waals surface area contributed by atoms with E-state index >= 15 is 0 Å². The van der Waals surface area contributed by atoms with Gasteiger partial charge in [-0.15, -0.1) is 0 Å². The fourth-order valence-electron chi connectivity index (χ4n) is 10.9. The third-order valence-corrected chi connectivity index (χ3v) is 13.3. The highest BCUT2D eigenvalue weighted by Gasteiger charge is 2.30. The SMILES string of the molecule is c1ccc(N(c2ccccc2)c2cc3c(cc(N(c4ccccc4)c4ccccc4)c4c3c3cccc5c6ccccc6n4c53)c3c4cccc5c6ccccc6n(c23)c54)cc1. The fraction of sp³-hybridized carbons (Fsp3) is 0. The summed E-state index contributed by atoms with van der Waals surface area (Å²) in [7, 11) is 0. The van der Waals surface area contributed by atoms with E-state index in [1.54, 1.807) is 0 Å². The molecule has 4 heteroatoms. The molecule has 0 bridgehead atoms. The minimum Gasteiger partial charge on any atom is -0.308 e. The molecule has 10 aromatic carbocycles. The topological polar surface area (TPSA) is 15.3 Å². The molecule has 14 aromatic rings. The van der Waals surface area contributed by atoms with Gasteiger partial charge >= 0.3 is 0 Å². The molecule has 4 aromatic heterocycles. The van der Waals surface area contributed by atoms with E-state index in [0.29, 0.717) is 0 Å². The first kappa shape index (κ1) is 33.5. The fourth-order valence-corrected chi connectivity index (χ4v) is 10.9. The van der Waals surface area contributed by atoms with Crippen LogP contribution in [0, 0.1) is 0 Å². The molecule has 0 fully saturated rings. The summed E-state index contributed by atoms with van der Waals surface area (Å²) in [5.74, 6) is 0. The number of benzene rings is 10. The summed E-state index contributed by atoms with van der Waals surface area (Å²) in [4.78, 5) is 4.94. The Balaban J connectivity index is 1.28. The number of fused-ring (bicyclic) bond motifs is 15. The minimum absolute atomic E-state index is 1.11. The Hall–Kier alpha value is -8.34. The Bertz CT molecular complexity index is 3680. The molecule has 0 spiro atoms. The lowest BCUT2D eigenvalue weighted by atomic mass is 9.95. The summed E-state index contributed by atoms with van der Waals surface area (Å²) < 4.78 is 5.11. The highest BCUT2D eigenvalue weighted by molar-refractivity contribution is 6.38. The maximum atomic E-state index is 2.56. The van der Waals surface area contributed by atoms with Crippen LogP contribution in [0.1, 0.15) is 0 Å². The zero-order chi connectivity index (χ0) is 40.5. The first-order chi connectivity index (χ1) is 30.8. The summed E-state index contributed by atoms with van der Waals surface area (Å²) in [6.07, 6.45) is 0. The summed E-state index contributed by atoms with van der Waals surface area (Å²) in [5.41, 5.74) is 14.0. The number of anilines is 6. The maximum Gasteiger partial charge on any atom is 0.0789 e. The molecule has 14 rings (SSSR count). The second-order valence-corrected chi connectivity index (χ2v) is 16.5. The molecule has 0 saturated carbocycles. The predicted molar refractivity (Wildman–Crippen MR) is 263 cm³/mol. The van der Waals surface area contributed by atoms with E-state index in [-0.39, 0.29) is 0 Å². The van der Waals surface area contributed by atoms with E-state index < -0.39 is 0 Å². The molecule has 4 heterocycles. The Morgan fingerprint density at radius 3 is 0.919 bits per heavy atom. The molecule has 0 amide bonds. The van der Waals surface area contributed by atoms with E-state index in [1.165, 1.54) is 87.0 Å². The quantitative estimate of drug-likeness (QED) is 0.167. The van der Waals surface area contributed by atoms with Gasteiger partial charge in [0.1, 0.15) is 0 Å². The van der Waals surface area contributed by atoms with Crippen LogP contribution < -0.4 is 9.80 Å². The van der Waals surface area contributed by atoms with E-state index in [0.717, 1.165) is 34.1 Å². The average Bonchev–Trinajstić information content (AvgIpc) is 4.08. The Morgan fingerprint density at radius 2 is 0.548 bits per heavy atom. The molecule has 62 heavy (non-hydrogen) atoms. The van der Waals surface area contributed by atoms with Gasteiger partial charge in [0, 0.05) is 65.8 Å². The van der Waals surface area contributed by atoms with Crippen molar-refractivity contribution < 1.29 is 0 Å². The van der Waals surface area contributed by atoms with Gasteiger partial charge in [0.15, 0.2) is 0 Å². The van der Waals surface area contributed by atoms with E-state index in [2.05, 4.69) is 237 Å². The lowest BCUT2D eigenvalue weighted by molar-refractivity contribution is 1.27. The lowest BCUT2D eigenvalue weighted by Gasteiger charge is -2.29. The van der Waals surface area contributed by atoms with Crippen molar-refractivity contribution in [1.29, 1.82) is 0 Å². The van der Waals surface area contributed by atoms with Crippen molar-refractivity contribution in [3.63, 3.8) is 0 Å². The first-order valence-electron chi connectivity index (χ1n) is 21.4. The van der Waals surface area contributed by atoms with Gasteiger partial charge < -0.3 is 18.6 Å². The molecule has 0 unspecified atom stereocenters. The van der Waals surface area contributed by atoms with Crippen LogP contribution in [0.15, 0.2) is 218 Å². The van der Waals surface area contributed by atoms with Crippen LogP contribution in [0.25, 0.3) is 87.0 Å². The van der Waals surface area contributed by atoms with Crippen molar-refractivity contribution in [2.45, 2.75) is 0 Å². The maximum absolute atomic E-state index is 2.56. The zero-order valence-electron chi connectivity index (χ0n) is 33.6. The van der Waals surface area contributed by atoms with Crippen LogP contribution >= 0.6 is 0 Å². The van der Waals surface area contributed by atoms with Gasteiger partial charge in [-0.05, 0) is 83.6 Å². The zero-order valence-corrected chi connectivity index (χ0v) is 33.6. The Kier molecular flexibility index (Phi) is 6.80. The molecule has 0 aliphatic carbocycles. The number of rotatable bonds is 6. The van der Waals surface area contributed by atoms with Crippen LogP contribution in [0.3, 0.4) is 0 Å². The second kappa shape index (κ2) is 12.6. The summed E-state index contributed by atoms with van der Waals surface area (Å²) in [6.45, 7) is 0. The van der Waals surface area contributed by atoms with Crippen LogP contribution in [-0.4, -0.2) is 8.80 Å². The molecule has 0 saturated heterocycles. The van der Waals surface area contributed by atoms with Crippen molar-refractivity contribution in [3.05, 3.63) is 218 Å². The smallest absolute Gasteiger partial charge is 0.0789 e. The lowest BCUT2D eigenvalue weighted by Crippen LogP contribution is -2.12. The average molecular weight is 789 g/mol. The molecule has 288 valence electrons. The number of aromatic nitrogens is 2. The monoisotopic (exact) mass is 788 g/mol. The van der Waals surface area contributed by atoms with Crippen molar-refractivity contribution in [3.8, 4) is 0 Å². The van der Waals surface area contributed by atoms with Crippen molar-refractivity contribution in [2.75, 3.05) is 9.80 Å².